The summed E-state index contributed by atoms with van der Waals surface area (Å²) in [6.45, 7) is 8.52. The monoisotopic (exact) mass is 361 g/mol. The molecule has 1 aliphatic rings. The van der Waals surface area contributed by atoms with E-state index in [1.807, 2.05) is 32.4 Å². The van der Waals surface area contributed by atoms with Crippen LogP contribution in [0.5, 0.6) is 0 Å². The molecule has 134 valence electrons. The lowest BCUT2D eigenvalue weighted by molar-refractivity contribution is 0.00578. The first-order chi connectivity index (χ1) is 10.9. The lowest BCUT2D eigenvalue weighted by Gasteiger charge is -2.32. The largest absolute Gasteiger partial charge is 0.495 e. The van der Waals surface area contributed by atoms with Crippen LogP contribution >= 0.6 is 0 Å². The Balaban J connectivity index is 2.26. The minimum atomic E-state index is -3.98. The van der Waals surface area contributed by atoms with Gasteiger partial charge in [0, 0.05) is 0 Å². The Labute approximate surface area is 141 Å². The van der Waals surface area contributed by atoms with E-state index in [0.717, 1.165) is 0 Å². The van der Waals surface area contributed by atoms with Gasteiger partial charge in [-0.05, 0) is 52.2 Å². The molecule has 0 saturated carbocycles. The van der Waals surface area contributed by atoms with Crippen LogP contribution in [0, 0.1) is 6.92 Å². The van der Waals surface area contributed by atoms with Crippen LogP contribution in [-0.4, -0.2) is 39.7 Å². The Morgan fingerprint density at radius 3 is 2.17 bits per heavy atom. The van der Waals surface area contributed by atoms with Crippen LogP contribution in [0.3, 0.4) is 0 Å². The molecule has 0 spiro atoms. The molecule has 0 amide bonds. The highest BCUT2D eigenvalue weighted by atomic mass is 32.2. The molecule has 5 nitrogen and oxygen atoms in total. The molecule has 1 aliphatic heterocycles. The van der Waals surface area contributed by atoms with Crippen molar-refractivity contribution in [3.05, 3.63) is 23.8 Å². The van der Waals surface area contributed by atoms with Crippen molar-refractivity contribution in [2.24, 2.45) is 0 Å². The third-order valence-corrected chi connectivity index (χ3v) is 5.91. The number of rotatable bonds is 5. The molecule has 0 unspecified atom stereocenters. The van der Waals surface area contributed by atoms with E-state index < -0.39 is 41.3 Å². The number of halogens is 2. The zero-order chi connectivity index (χ0) is 18.3. The number of aryl methyl sites for hydroxylation is 1. The van der Waals surface area contributed by atoms with Crippen molar-refractivity contribution >= 4 is 22.6 Å². The maximum atomic E-state index is 12.2. The molecule has 1 saturated heterocycles. The van der Waals surface area contributed by atoms with Crippen LogP contribution in [0.4, 0.5) is 8.78 Å². The number of nitrogens with one attached hydrogen (secondary N) is 1. The summed E-state index contributed by atoms with van der Waals surface area (Å²) in [5.74, 6) is 0. The van der Waals surface area contributed by atoms with Crippen LogP contribution in [0.15, 0.2) is 23.1 Å². The van der Waals surface area contributed by atoms with Crippen LogP contribution in [-0.2, 0) is 19.3 Å². The van der Waals surface area contributed by atoms with Crippen molar-refractivity contribution in [1.82, 2.24) is 4.72 Å². The average molecular weight is 361 g/mol. The summed E-state index contributed by atoms with van der Waals surface area (Å²) in [7, 11) is -4.59. The molecule has 0 atom stereocenters. The third-order valence-electron chi connectivity index (χ3n) is 4.49. The topological polar surface area (TPSA) is 64.6 Å². The van der Waals surface area contributed by atoms with Gasteiger partial charge in [-0.2, -0.15) is 0 Å². The number of sulfonamides is 1. The molecule has 9 heteroatoms. The van der Waals surface area contributed by atoms with Crippen molar-refractivity contribution in [2.75, 3.05) is 6.54 Å². The Morgan fingerprint density at radius 1 is 1.17 bits per heavy atom. The summed E-state index contributed by atoms with van der Waals surface area (Å²) >= 11 is 0. The normalized spacial score (nSPS) is 19.9. The molecule has 1 aromatic rings. The first-order valence-electron chi connectivity index (χ1n) is 7.60. The fourth-order valence-corrected chi connectivity index (χ4v) is 3.40. The number of hydrogen-bond donors (Lipinski definition) is 1. The SMILES string of the molecule is Cc1cc(S(=O)(=O)NCC(F)F)ccc1B1OC(C)(C)C(C)(C)O1. The molecule has 2 rings (SSSR count). The molecule has 1 aromatic carbocycles. The molecule has 1 N–H and O–H groups in total. The molecule has 0 bridgehead atoms. The smallest absolute Gasteiger partial charge is 0.399 e. The van der Waals surface area contributed by atoms with Gasteiger partial charge in [-0.25, -0.2) is 21.9 Å². The van der Waals surface area contributed by atoms with Crippen LogP contribution in [0.2, 0.25) is 0 Å². The Kier molecular flexibility index (Phi) is 5.12. The first kappa shape index (κ1) is 19.3. The maximum Gasteiger partial charge on any atom is 0.495 e. The van der Waals surface area contributed by atoms with Crippen LogP contribution in [0.25, 0.3) is 0 Å². The van der Waals surface area contributed by atoms with Crippen LogP contribution in [0.1, 0.15) is 33.3 Å². The van der Waals surface area contributed by atoms with Crippen molar-refractivity contribution in [3.8, 4) is 0 Å². The van der Waals surface area contributed by atoms with Crippen molar-refractivity contribution < 1.29 is 26.5 Å². The minimum Gasteiger partial charge on any atom is -0.399 e. The molecule has 1 heterocycles. The lowest BCUT2D eigenvalue weighted by atomic mass is 9.76. The van der Waals surface area contributed by atoms with Gasteiger partial charge in [0.25, 0.3) is 6.43 Å². The van der Waals surface area contributed by atoms with E-state index in [1.54, 1.807) is 13.0 Å². The number of benzene rings is 1. The fourth-order valence-electron chi connectivity index (χ4n) is 2.31. The highest BCUT2D eigenvalue weighted by molar-refractivity contribution is 7.89. The van der Waals surface area contributed by atoms with E-state index in [4.69, 9.17) is 9.31 Å². The summed E-state index contributed by atoms with van der Waals surface area (Å²) in [6.07, 6.45) is -2.75. The molecule has 0 aliphatic carbocycles. The van der Waals surface area contributed by atoms with Gasteiger partial charge in [-0.15, -0.1) is 0 Å². The summed E-state index contributed by atoms with van der Waals surface area (Å²) in [5, 5.41) is 0. The summed E-state index contributed by atoms with van der Waals surface area (Å²) < 4.78 is 62.2. The highest BCUT2D eigenvalue weighted by Gasteiger charge is 2.52. The van der Waals surface area contributed by atoms with Gasteiger partial charge in [0.15, 0.2) is 0 Å². The van der Waals surface area contributed by atoms with E-state index in [9.17, 15) is 17.2 Å². The van der Waals surface area contributed by atoms with Crippen LogP contribution < -0.4 is 10.2 Å². The molecule has 24 heavy (non-hydrogen) atoms. The second kappa shape index (κ2) is 6.36. The number of hydrogen-bond acceptors (Lipinski definition) is 4. The highest BCUT2D eigenvalue weighted by Crippen LogP contribution is 2.36. The minimum absolute atomic E-state index is 0.0686. The van der Waals surface area contributed by atoms with E-state index in [-0.39, 0.29) is 4.90 Å². The van der Waals surface area contributed by atoms with E-state index in [1.165, 1.54) is 12.1 Å². The lowest BCUT2D eigenvalue weighted by Crippen LogP contribution is -2.41. The zero-order valence-corrected chi connectivity index (χ0v) is 15.2. The van der Waals surface area contributed by atoms with Crippen molar-refractivity contribution in [1.29, 1.82) is 0 Å². The van der Waals surface area contributed by atoms with Gasteiger partial charge in [-0.3, -0.25) is 0 Å². The van der Waals surface area contributed by atoms with Gasteiger partial charge in [0.1, 0.15) is 0 Å². The fraction of sp³-hybridized carbons (Fsp3) is 0.600. The van der Waals surface area contributed by atoms with Crippen molar-refractivity contribution in [2.45, 2.75) is 57.1 Å². The zero-order valence-electron chi connectivity index (χ0n) is 14.4. The standard InChI is InChI=1S/C15H22BF2NO4S/c1-10-8-11(24(20,21)19-9-13(17)18)6-7-12(10)16-22-14(2,3)15(4,5)23-16/h6-8,13,19H,9H2,1-5H3. The summed E-state index contributed by atoms with van der Waals surface area (Å²) in [4.78, 5) is -0.0686. The predicted molar refractivity (Wildman–Crippen MR) is 88.1 cm³/mol. The van der Waals surface area contributed by atoms with E-state index >= 15 is 0 Å². The Morgan fingerprint density at radius 2 is 1.71 bits per heavy atom. The average Bonchev–Trinajstić information content (AvgIpc) is 2.65. The Bertz CT molecular complexity index is 706. The molecular weight excluding hydrogens is 339 g/mol. The first-order valence-corrected chi connectivity index (χ1v) is 9.08. The molecule has 0 aromatic heterocycles. The summed E-state index contributed by atoms with van der Waals surface area (Å²) in [6, 6.07) is 4.38. The van der Waals surface area contributed by atoms with Gasteiger partial charge < -0.3 is 9.31 Å². The molecule has 0 radical (unpaired) electrons. The second-order valence-corrected chi connectivity index (χ2v) is 8.62. The maximum absolute atomic E-state index is 12.2. The number of alkyl halides is 2. The van der Waals surface area contributed by atoms with E-state index in [2.05, 4.69) is 0 Å². The molecular formula is C15H22BF2NO4S. The van der Waals surface area contributed by atoms with Gasteiger partial charge in [0.05, 0.1) is 22.6 Å². The van der Waals surface area contributed by atoms with Gasteiger partial charge >= 0.3 is 7.12 Å². The van der Waals surface area contributed by atoms with Gasteiger partial charge in [-0.1, -0.05) is 11.6 Å². The quantitative estimate of drug-likeness (QED) is 0.813. The van der Waals surface area contributed by atoms with Crippen molar-refractivity contribution in [3.63, 3.8) is 0 Å². The predicted octanol–water partition coefficient (Wildman–Crippen LogP) is 1.84. The Hall–Kier alpha value is -1.03. The van der Waals surface area contributed by atoms with Gasteiger partial charge in [0.2, 0.25) is 10.0 Å². The second-order valence-electron chi connectivity index (χ2n) is 6.85. The third kappa shape index (κ3) is 3.79. The van der Waals surface area contributed by atoms with E-state index in [0.29, 0.717) is 11.0 Å². The summed E-state index contributed by atoms with van der Waals surface area (Å²) in [5.41, 5.74) is 0.344. The molecule has 1 fully saturated rings.